The number of aromatic nitrogens is 2. The molecule has 0 bridgehead atoms. The Morgan fingerprint density at radius 3 is 2.25 bits per heavy atom. The van der Waals surface area contributed by atoms with Gasteiger partial charge in [-0.15, -0.1) is 0 Å². The number of halogens is 7. The molecule has 1 aromatic carbocycles. The highest BCUT2D eigenvalue weighted by Crippen LogP contribution is 2.51. The van der Waals surface area contributed by atoms with Crippen LogP contribution in [-0.4, -0.2) is 22.2 Å². The van der Waals surface area contributed by atoms with Crippen LogP contribution in [0.1, 0.15) is 22.8 Å². The number of benzene rings is 1. The van der Waals surface area contributed by atoms with Crippen molar-refractivity contribution in [2.75, 3.05) is 5.73 Å². The van der Waals surface area contributed by atoms with Gasteiger partial charge in [-0.2, -0.15) is 35.7 Å². The molecule has 0 atom stereocenters. The molecule has 0 aliphatic rings. The van der Waals surface area contributed by atoms with Crippen LogP contribution in [0, 0.1) is 6.92 Å². The molecule has 0 fully saturated rings. The number of anilines is 1. The summed E-state index contributed by atoms with van der Waals surface area (Å²) in [5.74, 6) is -14.6. The van der Waals surface area contributed by atoms with E-state index in [0.717, 1.165) is 0 Å². The van der Waals surface area contributed by atoms with Gasteiger partial charge in [0.1, 0.15) is 0 Å². The van der Waals surface area contributed by atoms with E-state index < -0.39 is 29.7 Å². The van der Waals surface area contributed by atoms with Crippen LogP contribution < -0.4 is 5.73 Å². The number of rotatable bonds is 4. The van der Waals surface area contributed by atoms with Gasteiger partial charge in [-0.05, 0) is 24.1 Å². The van der Waals surface area contributed by atoms with E-state index in [1.54, 1.807) is 13.0 Å². The summed E-state index contributed by atoms with van der Waals surface area (Å²) in [5, 5.41) is 3.03. The maximum atomic E-state index is 13.4. The summed E-state index contributed by atoms with van der Waals surface area (Å²) in [6, 6.07) is 4.58. The fourth-order valence-electron chi connectivity index (χ4n) is 1.80. The molecule has 132 valence electrons. The van der Waals surface area contributed by atoms with Gasteiger partial charge in [0, 0.05) is 12.1 Å². The van der Waals surface area contributed by atoms with Crippen molar-refractivity contribution in [2.45, 2.75) is 31.4 Å². The lowest BCUT2D eigenvalue weighted by molar-refractivity contribution is -0.364. The monoisotopic (exact) mass is 357 g/mol. The Morgan fingerprint density at radius 1 is 1.08 bits per heavy atom. The van der Waals surface area contributed by atoms with Gasteiger partial charge in [-0.3, -0.25) is 0 Å². The minimum Gasteiger partial charge on any atom is -0.399 e. The molecule has 24 heavy (non-hydrogen) atoms. The number of nitrogen functional groups attached to an aromatic ring is 1. The summed E-state index contributed by atoms with van der Waals surface area (Å²) in [7, 11) is 0. The standard InChI is InChI=1S/C13H10F7N3O/c1-6-4-7(2-3-8(6)21)5-9-22-10(24-23-9)11(14,15)12(16,17)13(18,19)20/h2-4H,5,21H2,1H3. The van der Waals surface area contributed by atoms with Crippen LogP contribution >= 0.6 is 0 Å². The van der Waals surface area contributed by atoms with Crippen molar-refractivity contribution in [3.63, 3.8) is 0 Å². The molecule has 0 saturated heterocycles. The van der Waals surface area contributed by atoms with E-state index >= 15 is 0 Å². The molecule has 1 heterocycles. The van der Waals surface area contributed by atoms with Crippen molar-refractivity contribution < 1.29 is 35.3 Å². The Morgan fingerprint density at radius 2 is 1.71 bits per heavy atom. The topological polar surface area (TPSA) is 64.9 Å². The summed E-state index contributed by atoms with van der Waals surface area (Å²) in [6.45, 7) is 1.67. The second kappa shape index (κ2) is 5.64. The van der Waals surface area contributed by atoms with Crippen LogP contribution in [0.25, 0.3) is 0 Å². The normalized spacial score (nSPS) is 13.3. The maximum Gasteiger partial charge on any atom is 0.460 e. The van der Waals surface area contributed by atoms with E-state index in [-0.39, 0.29) is 6.42 Å². The number of hydrogen-bond donors (Lipinski definition) is 1. The largest absolute Gasteiger partial charge is 0.460 e. The molecule has 0 saturated carbocycles. The zero-order chi connectivity index (χ0) is 18.3. The van der Waals surface area contributed by atoms with E-state index in [1.807, 2.05) is 0 Å². The minimum absolute atomic E-state index is 0.210. The lowest BCUT2D eigenvalue weighted by Gasteiger charge is -2.25. The second-order valence-electron chi connectivity index (χ2n) is 5.03. The molecule has 0 amide bonds. The first kappa shape index (κ1) is 18.0. The number of aryl methyl sites for hydroxylation is 1. The molecule has 0 aliphatic heterocycles. The van der Waals surface area contributed by atoms with E-state index in [0.29, 0.717) is 16.8 Å². The van der Waals surface area contributed by atoms with Crippen molar-refractivity contribution >= 4 is 5.69 Å². The minimum atomic E-state index is -6.47. The van der Waals surface area contributed by atoms with Crippen molar-refractivity contribution in [3.05, 3.63) is 41.0 Å². The molecule has 4 nitrogen and oxygen atoms in total. The highest BCUT2D eigenvalue weighted by molar-refractivity contribution is 5.48. The van der Waals surface area contributed by atoms with Crippen LogP contribution in [0.4, 0.5) is 36.4 Å². The summed E-state index contributed by atoms with van der Waals surface area (Å²) < 4.78 is 92.9. The van der Waals surface area contributed by atoms with Crippen molar-refractivity contribution in [1.82, 2.24) is 10.1 Å². The first-order valence-electron chi connectivity index (χ1n) is 6.36. The molecule has 2 aromatic rings. The van der Waals surface area contributed by atoms with E-state index in [4.69, 9.17) is 5.73 Å². The van der Waals surface area contributed by atoms with Gasteiger partial charge in [-0.25, -0.2) is 0 Å². The average Bonchev–Trinajstić information content (AvgIpc) is 2.90. The summed E-state index contributed by atoms with van der Waals surface area (Å²) >= 11 is 0. The highest BCUT2D eigenvalue weighted by atomic mass is 19.4. The smallest absolute Gasteiger partial charge is 0.399 e. The molecular formula is C13H10F7N3O. The fraction of sp³-hybridized carbons (Fsp3) is 0.385. The van der Waals surface area contributed by atoms with E-state index in [2.05, 4.69) is 14.7 Å². The van der Waals surface area contributed by atoms with E-state index in [9.17, 15) is 30.7 Å². The third-order valence-corrected chi connectivity index (χ3v) is 3.18. The van der Waals surface area contributed by atoms with Gasteiger partial charge in [0.25, 0.3) is 0 Å². The van der Waals surface area contributed by atoms with Crippen LogP contribution in [-0.2, 0) is 12.3 Å². The molecule has 2 N–H and O–H groups in total. The van der Waals surface area contributed by atoms with Gasteiger partial charge in [0.15, 0.2) is 5.82 Å². The second-order valence-corrected chi connectivity index (χ2v) is 5.03. The Labute approximate surface area is 130 Å². The fourth-order valence-corrected chi connectivity index (χ4v) is 1.80. The molecule has 0 unspecified atom stereocenters. The van der Waals surface area contributed by atoms with Crippen LogP contribution in [0.5, 0.6) is 0 Å². The molecule has 11 heteroatoms. The van der Waals surface area contributed by atoms with Gasteiger partial charge >= 0.3 is 23.9 Å². The third kappa shape index (κ3) is 3.02. The first-order valence-corrected chi connectivity index (χ1v) is 6.36. The lowest BCUT2D eigenvalue weighted by atomic mass is 10.1. The zero-order valence-electron chi connectivity index (χ0n) is 12.0. The highest BCUT2D eigenvalue weighted by Gasteiger charge is 2.76. The van der Waals surface area contributed by atoms with Crippen molar-refractivity contribution in [2.24, 2.45) is 0 Å². The summed E-state index contributed by atoms with van der Waals surface area (Å²) in [6.07, 6.45) is -6.68. The van der Waals surface area contributed by atoms with Gasteiger partial charge in [0.2, 0.25) is 0 Å². The van der Waals surface area contributed by atoms with Crippen molar-refractivity contribution in [1.29, 1.82) is 0 Å². The van der Waals surface area contributed by atoms with Crippen LogP contribution in [0.2, 0.25) is 0 Å². The SMILES string of the molecule is Cc1cc(Cc2noc(C(F)(F)C(F)(F)C(F)(F)F)n2)ccc1N. The maximum absolute atomic E-state index is 13.4. The number of hydrogen-bond acceptors (Lipinski definition) is 4. The summed E-state index contributed by atoms with van der Waals surface area (Å²) in [5.41, 5.74) is 7.20. The molecule has 1 aromatic heterocycles. The van der Waals surface area contributed by atoms with Gasteiger partial charge in [0.05, 0.1) is 0 Å². The number of nitrogens with zero attached hydrogens (tertiary/aromatic N) is 2. The molecule has 0 radical (unpaired) electrons. The van der Waals surface area contributed by atoms with Gasteiger partial charge < -0.3 is 10.3 Å². The van der Waals surface area contributed by atoms with Crippen LogP contribution in [0.15, 0.2) is 22.7 Å². The Bertz CT molecular complexity index is 739. The lowest BCUT2D eigenvalue weighted by Crippen LogP contribution is -2.50. The number of alkyl halides is 7. The molecular weight excluding hydrogens is 347 g/mol. The molecule has 0 aliphatic carbocycles. The molecule has 2 rings (SSSR count). The zero-order valence-corrected chi connectivity index (χ0v) is 12.0. The first-order chi connectivity index (χ1) is 10.9. The average molecular weight is 357 g/mol. The Balaban J connectivity index is 2.28. The van der Waals surface area contributed by atoms with Gasteiger partial charge in [-0.1, -0.05) is 17.3 Å². The predicted molar refractivity (Wildman–Crippen MR) is 67.6 cm³/mol. The Hall–Kier alpha value is -2.33. The van der Waals surface area contributed by atoms with Crippen molar-refractivity contribution in [3.8, 4) is 0 Å². The quantitative estimate of drug-likeness (QED) is 0.667. The summed E-state index contributed by atoms with van der Waals surface area (Å²) in [4.78, 5) is 2.97. The predicted octanol–water partition coefficient (Wildman–Crippen LogP) is 3.84. The van der Waals surface area contributed by atoms with Crippen LogP contribution in [0.3, 0.4) is 0 Å². The Kier molecular flexibility index (Phi) is 4.23. The third-order valence-electron chi connectivity index (χ3n) is 3.18. The molecule has 0 spiro atoms. The number of nitrogens with two attached hydrogens (primary N) is 1. The van der Waals surface area contributed by atoms with E-state index in [1.165, 1.54) is 12.1 Å².